The lowest BCUT2D eigenvalue weighted by Crippen LogP contribution is -2.59. The number of carbonyl (C=O) groups excluding carboxylic acids is 2. The minimum absolute atomic E-state index is 0.0428. The van der Waals surface area contributed by atoms with Crippen LogP contribution in [0.15, 0.2) is 34.9 Å². The Morgan fingerprint density at radius 3 is 2.38 bits per heavy atom. The van der Waals surface area contributed by atoms with Gasteiger partial charge in [-0.2, -0.15) is 5.10 Å². The normalized spacial score (nSPS) is 21.1. The number of hydrogen-bond donors (Lipinski definition) is 2. The summed E-state index contributed by atoms with van der Waals surface area (Å²) in [5.74, 6) is 1.14. The van der Waals surface area contributed by atoms with Crippen molar-refractivity contribution in [2.24, 2.45) is 17.1 Å². The molecule has 1 aromatic carbocycles. The molecule has 0 aliphatic heterocycles. The molecule has 178 valence electrons. The summed E-state index contributed by atoms with van der Waals surface area (Å²) in [6.45, 7) is 6.41. The smallest absolute Gasteiger partial charge is 0.254 e. The van der Waals surface area contributed by atoms with E-state index >= 15 is 0 Å². The fourth-order valence-electron chi connectivity index (χ4n) is 5.26. The number of nitrogen functional groups attached to an aromatic ring is 1. The number of amides is 1. The second kappa shape index (κ2) is 7.82. The Labute approximate surface area is 198 Å². The predicted octanol–water partition coefficient (Wildman–Crippen LogP) is 3.67. The van der Waals surface area contributed by atoms with Crippen LogP contribution in [-0.4, -0.2) is 26.6 Å². The molecule has 0 unspecified atom stereocenters. The van der Waals surface area contributed by atoms with Gasteiger partial charge in [-0.3, -0.25) is 9.59 Å². The molecule has 3 fully saturated rings. The van der Waals surface area contributed by atoms with Gasteiger partial charge in [0.05, 0.1) is 17.7 Å². The summed E-state index contributed by atoms with van der Waals surface area (Å²) in [5, 5.41) is 8.80. The Hall–Kier alpha value is -3.42. The third kappa shape index (κ3) is 4.02. The molecule has 0 saturated heterocycles. The van der Waals surface area contributed by atoms with Gasteiger partial charge < -0.3 is 16.0 Å². The van der Waals surface area contributed by atoms with Crippen LogP contribution in [0.5, 0.6) is 0 Å². The van der Waals surface area contributed by atoms with Gasteiger partial charge in [0, 0.05) is 18.1 Å². The van der Waals surface area contributed by atoms with Crippen LogP contribution < -0.4 is 11.5 Å². The minimum atomic E-state index is -0.581. The first-order chi connectivity index (χ1) is 16.0. The summed E-state index contributed by atoms with van der Waals surface area (Å²) in [7, 11) is 0. The average molecular weight is 462 g/mol. The number of hydrogen-bond acceptors (Lipinski definition) is 6. The van der Waals surface area contributed by atoms with Crippen molar-refractivity contribution >= 4 is 17.5 Å². The molecule has 8 heteroatoms. The molecule has 3 aromatic rings. The van der Waals surface area contributed by atoms with Crippen molar-refractivity contribution < 1.29 is 14.1 Å². The average Bonchev–Trinajstić information content (AvgIpc) is 3.23. The van der Waals surface area contributed by atoms with Crippen LogP contribution >= 0.6 is 0 Å². The van der Waals surface area contributed by atoms with Gasteiger partial charge >= 0.3 is 0 Å². The second-order valence-electron chi connectivity index (χ2n) is 11.2. The highest BCUT2D eigenvalue weighted by Gasteiger charge is 2.59. The topological polar surface area (TPSA) is 130 Å². The highest BCUT2D eigenvalue weighted by molar-refractivity contribution is 6.03. The van der Waals surface area contributed by atoms with Crippen molar-refractivity contribution in [3.05, 3.63) is 52.9 Å². The van der Waals surface area contributed by atoms with E-state index in [1.807, 2.05) is 35.0 Å². The molecule has 3 aliphatic carbocycles. The van der Waals surface area contributed by atoms with Gasteiger partial charge in [-0.15, -0.1) is 0 Å². The first-order valence-electron chi connectivity index (χ1n) is 11.8. The zero-order chi connectivity index (χ0) is 24.3. The summed E-state index contributed by atoms with van der Waals surface area (Å²) in [4.78, 5) is 24.8. The van der Waals surface area contributed by atoms with E-state index in [0.29, 0.717) is 17.3 Å². The van der Waals surface area contributed by atoms with Crippen LogP contribution in [0, 0.1) is 11.3 Å². The summed E-state index contributed by atoms with van der Waals surface area (Å²) in [6.07, 6.45) is 4.44. The Morgan fingerprint density at radius 2 is 1.82 bits per heavy atom. The van der Waals surface area contributed by atoms with Crippen LogP contribution in [0.25, 0.3) is 11.3 Å². The molecule has 2 heterocycles. The predicted molar refractivity (Wildman–Crippen MR) is 128 cm³/mol. The highest BCUT2D eigenvalue weighted by atomic mass is 16.5. The van der Waals surface area contributed by atoms with Crippen molar-refractivity contribution in [1.82, 2.24) is 14.9 Å². The van der Waals surface area contributed by atoms with Crippen LogP contribution in [0.1, 0.15) is 67.4 Å². The Bertz CT molecular complexity index is 1250. The van der Waals surface area contributed by atoms with Crippen LogP contribution in [0.3, 0.4) is 0 Å². The lowest BCUT2D eigenvalue weighted by atomic mass is 9.50. The number of rotatable bonds is 8. The van der Waals surface area contributed by atoms with Crippen molar-refractivity contribution in [2.45, 2.75) is 64.8 Å². The first kappa shape index (κ1) is 22.4. The minimum Gasteiger partial charge on any atom is -0.383 e. The molecule has 3 aliphatic rings. The van der Waals surface area contributed by atoms with Gasteiger partial charge in [-0.25, -0.2) is 4.68 Å². The molecule has 0 spiro atoms. The molecule has 2 bridgehead atoms. The Kier molecular flexibility index (Phi) is 5.15. The number of ketones is 1. The number of primary amides is 1. The monoisotopic (exact) mass is 461 g/mol. The fourth-order valence-corrected chi connectivity index (χ4v) is 5.26. The third-order valence-electron chi connectivity index (χ3n) is 6.94. The molecule has 1 amide bonds. The number of Topliss-reactive ketones (excluding diaryl/α,β-unsaturated/α-hetero) is 1. The fraction of sp³-hybridized carbons (Fsp3) is 0.462. The van der Waals surface area contributed by atoms with Crippen LogP contribution in [0.2, 0.25) is 0 Å². The van der Waals surface area contributed by atoms with E-state index in [1.54, 1.807) is 0 Å². The summed E-state index contributed by atoms with van der Waals surface area (Å²) in [6, 6.07) is 9.34. The molecule has 3 saturated carbocycles. The number of aromatic nitrogens is 3. The van der Waals surface area contributed by atoms with Gasteiger partial charge in [0.2, 0.25) is 0 Å². The summed E-state index contributed by atoms with van der Waals surface area (Å²) >= 11 is 0. The number of anilines is 1. The maximum atomic E-state index is 12.6. The van der Waals surface area contributed by atoms with Crippen LogP contribution in [0.4, 0.5) is 5.82 Å². The molecule has 6 rings (SSSR count). The van der Waals surface area contributed by atoms with Crippen molar-refractivity contribution in [3.8, 4) is 11.3 Å². The lowest BCUT2D eigenvalue weighted by molar-refractivity contribution is -0.118. The number of nitrogens with zero attached hydrogens (tertiary/aromatic N) is 3. The molecular weight excluding hydrogens is 430 g/mol. The molecule has 0 atom stereocenters. The number of carbonyl (C=O) groups is 2. The maximum absolute atomic E-state index is 12.6. The quantitative estimate of drug-likeness (QED) is 0.526. The van der Waals surface area contributed by atoms with E-state index in [1.165, 1.54) is 0 Å². The van der Waals surface area contributed by atoms with Gasteiger partial charge in [0.25, 0.3) is 5.91 Å². The highest BCUT2D eigenvalue weighted by Crippen LogP contribution is 2.63. The van der Waals surface area contributed by atoms with Gasteiger partial charge in [0.1, 0.15) is 28.6 Å². The van der Waals surface area contributed by atoms with E-state index in [2.05, 4.69) is 25.9 Å². The first-order valence-corrected chi connectivity index (χ1v) is 11.8. The Morgan fingerprint density at radius 1 is 1.15 bits per heavy atom. The van der Waals surface area contributed by atoms with Gasteiger partial charge in [0.15, 0.2) is 0 Å². The van der Waals surface area contributed by atoms with Crippen molar-refractivity contribution in [2.75, 3.05) is 5.73 Å². The van der Waals surface area contributed by atoms with E-state index < -0.39 is 5.91 Å². The van der Waals surface area contributed by atoms with E-state index in [-0.39, 0.29) is 35.1 Å². The van der Waals surface area contributed by atoms with Crippen LogP contribution in [-0.2, 0) is 29.6 Å². The molecule has 2 aromatic heterocycles. The Balaban J connectivity index is 1.28. The number of benzene rings is 1. The van der Waals surface area contributed by atoms with Gasteiger partial charge in [-0.1, -0.05) is 50.2 Å². The molecule has 8 nitrogen and oxygen atoms in total. The van der Waals surface area contributed by atoms with Crippen molar-refractivity contribution in [1.29, 1.82) is 0 Å². The largest absolute Gasteiger partial charge is 0.383 e. The third-order valence-corrected chi connectivity index (χ3v) is 6.94. The molecule has 0 radical (unpaired) electrons. The zero-order valence-electron chi connectivity index (χ0n) is 19.9. The SMILES string of the molecule is CC(C)(C)Cc1cc(CC(=O)Cc2ccc(-c3nn(C45CC(C4)C5)c(N)c3C(N)=O)cc2)on1. The lowest BCUT2D eigenvalue weighted by Gasteiger charge is -2.61. The van der Waals surface area contributed by atoms with Gasteiger partial charge in [-0.05, 0) is 42.6 Å². The number of nitrogens with two attached hydrogens (primary N) is 2. The summed E-state index contributed by atoms with van der Waals surface area (Å²) < 4.78 is 7.16. The van der Waals surface area contributed by atoms with E-state index in [0.717, 1.165) is 48.4 Å². The van der Waals surface area contributed by atoms with E-state index in [4.69, 9.17) is 21.1 Å². The standard InChI is InChI=1S/C26H31N5O3/c1-25(2,3)14-18-9-20(34-30-18)10-19(32)8-15-4-6-17(7-5-15)22-21(24(28)33)23(27)31(29-22)26-11-16(12-26)13-26/h4-7,9,16H,8,10-14,27H2,1-3H3,(H2,28,33). The maximum Gasteiger partial charge on any atom is 0.254 e. The molecule has 34 heavy (non-hydrogen) atoms. The molecule has 4 N–H and O–H groups in total. The van der Waals surface area contributed by atoms with E-state index in [9.17, 15) is 9.59 Å². The zero-order valence-corrected chi connectivity index (χ0v) is 19.9. The summed E-state index contributed by atoms with van der Waals surface area (Å²) in [5.41, 5.74) is 15.3. The van der Waals surface area contributed by atoms with Crippen molar-refractivity contribution in [3.63, 3.8) is 0 Å². The second-order valence-corrected chi connectivity index (χ2v) is 11.2. The molecular formula is C26H31N5O3.